The van der Waals surface area contributed by atoms with Crippen LogP contribution in [0.1, 0.15) is 32.1 Å². The first-order valence-corrected chi connectivity index (χ1v) is 6.15. The Morgan fingerprint density at radius 3 is 2.46 bits per heavy atom. The van der Waals surface area contributed by atoms with Crippen molar-refractivity contribution in [2.45, 2.75) is 49.1 Å². The van der Waals surface area contributed by atoms with Gasteiger partial charge in [-0.2, -0.15) is 0 Å². The van der Waals surface area contributed by atoms with Crippen molar-refractivity contribution >= 4 is 15.9 Å². The second-order valence-corrected chi connectivity index (χ2v) is 5.16. The summed E-state index contributed by atoms with van der Waals surface area (Å²) in [5, 5.41) is 0. The summed E-state index contributed by atoms with van der Waals surface area (Å²) in [5.74, 6) is 0. The highest BCUT2D eigenvalue weighted by Crippen LogP contribution is 2.25. The monoisotopic (exact) mass is 248 g/mol. The van der Waals surface area contributed by atoms with Gasteiger partial charge in [0.2, 0.25) is 0 Å². The Labute approximate surface area is 88.1 Å². The highest BCUT2D eigenvalue weighted by molar-refractivity contribution is 9.09. The molecule has 0 aromatic rings. The number of halogens is 1. The van der Waals surface area contributed by atoms with E-state index >= 15 is 0 Å². The minimum absolute atomic E-state index is 0.295. The lowest BCUT2D eigenvalue weighted by Crippen LogP contribution is -2.29. The highest BCUT2D eigenvalue weighted by Gasteiger charge is 2.29. The lowest BCUT2D eigenvalue weighted by molar-refractivity contribution is -0.0299. The molecule has 2 aliphatic rings. The van der Waals surface area contributed by atoms with Crippen LogP contribution in [-0.4, -0.2) is 30.2 Å². The van der Waals surface area contributed by atoms with Crippen molar-refractivity contribution in [2.75, 3.05) is 13.2 Å². The average Bonchev–Trinajstić information content (AvgIpc) is 2.54. The van der Waals surface area contributed by atoms with Gasteiger partial charge in [-0.15, -0.1) is 0 Å². The van der Waals surface area contributed by atoms with E-state index in [0.717, 1.165) is 13.2 Å². The predicted octanol–water partition coefficient (Wildman–Crippen LogP) is 2.50. The molecule has 1 heterocycles. The van der Waals surface area contributed by atoms with E-state index in [9.17, 15) is 0 Å². The van der Waals surface area contributed by atoms with E-state index in [0.29, 0.717) is 17.0 Å². The fourth-order valence-electron chi connectivity index (χ4n) is 2.08. The molecule has 76 valence electrons. The molecule has 0 bridgehead atoms. The van der Waals surface area contributed by atoms with Crippen molar-refractivity contribution in [3.05, 3.63) is 0 Å². The first kappa shape index (κ1) is 9.94. The van der Waals surface area contributed by atoms with Crippen molar-refractivity contribution in [1.82, 2.24) is 0 Å². The zero-order chi connectivity index (χ0) is 9.10. The van der Waals surface area contributed by atoms with E-state index in [4.69, 9.17) is 9.47 Å². The molecular formula is C10H17BrO2. The Hall–Kier alpha value is 0.400. The molecule has 2 atom stereocenters. The lowest BCUT2D eigenvalue weighted by Gasteiger charge is -2.26. The van der Waals surface area contributed by atoms with Gasteiger partial charge in [-0.3, -0.25) is 0 Å². The molecule has 13 heavy (non-hydrogen) atoms. The molecule has 0 radical (unpaired) electrons. The van der Waals surface area contributed by atoms with Crippen LogP contribution >= 0.6 is 15.9 Å². The van der Waals surface area contributed by atoms with Crippen molar-refractivity contribution in [3.63, 3.8) is 0 Å². The fourth-order valence-corrected chi connectivity index (χ4v) is 2.55. The number of hydrogen-bond acceptors (Lipinski definition) is 2. The van der Waals surface area contributed by atoms with E-state index in [2.05, 4.69) is 15.9 Å². The van der Waals surface area contributed by atoms with Gasteiger partial charge in [0.1, 0.15) is 0 Å². The third kappa shape index (κ3) is 2.67. The maximum Gasteiger partial charge on any atom is 0.0959 e. The van der Waals surface area contributed by atoms with Crippen LogP contribution in [0.25, 0.3) is 0 Å². The molecule has 0 aromatic heterocycles. The van der Waals surface area contributed by atoms with Gasteiger partial charge < -0.3 is 9.47 Å². The second-order valence-electron chi connectivity index (χ2n) is 3.99. The molecule has 2 nitrogen and oxygen atoms in total. The minimum Gasteiger partial charge on any atom is -0.377 e. The van der Waals surface area contributed by atoms with Gasteiger partial charge in [-0.25, -0.2) is 0 Å². The summed E-state index contributed by atoms with van der Waals surface area (Å²) in [6.07, 6.45) is 7.35. The molecular weight excluding hydrogens is 232 g/mol. The van der Waals surface area contributed by atoms with Crippen LogP contribution in [0.3, 0.4) is 0 Å². The lowest BCUT2D eigenvalue weighted by atomic mass is 9.97. The molecule has 0 spiro atoms. The number of ether oxygens (including phenoxy) is 2. The second kappa shape index (κ2) is 4.76. The van der Waals surface area contributed by atoms with Crippen LogP contribution in [0.5, 0.6) is 0 Å². The van der Waals surface area contributed by atoms with Crippen LogP contribution < -0.4 is 0 Å². The molecule has 0 N–H and O–H groups in total. The van der Waals surface area contributed by atoms with Gasteiger partial charge >= 0.3 is 0 Å². The van der Waals surface area contributed by atoms with Crippen molar-refractivity contribution in [3.8, 4) is 0 Å². The summed E-state index contributed by atoms with van der Waals surface area (Å²) < 4.78 is 11.3. The van der Waals surface area contributed by atoms with Gasteiger partial charge in [-0.05, 0) is 12.8 Å². The van der Waals surface area contributed by atoms with Crippen molar-refractivity contribution in [2.24, 2.45) is 0 Å². The molecule has 0 aromatic carbocycles. The van der Waals surface area contributed by atoms with Gasteiger partial charge in [0, 0.05) is 0 Å². The Kier molecular flexibility index (Phi) is 3.64. The zero-order valence-corrected chi connectivity index (χ0v) is 9.46. The molecule has 2 rings (SSSR count). The van der Waals surface area contributed by atoms with E-state index < -0.39 is 0 Å². The molecule has 1 saturated heterocycles. The third-order valence-corrected chi connectivity index (χ3v) is 3.74. The quantitative estimate of drug-likeness (QED) is 0.700. The summed E-state index contributed by atoms with van der Waals surface area (Å²) in [7, 11) is 0. The van der Waals surface area contributed by atoms with Gasteiger partial charge in [-0.1, -0.05) is 35.2 Å². The first-order chi connectivity index (χ1) is 6.36. The minimum atomic E-state index is 0.295. The van der Waals surface area contributed by atoms with Crippen molar-refractivity contribution < 1.29 is 9.47 Å². The number of alkyl halides is 1. The smallest absolute Gasteiger partial charge is 0.0959 e. The highest BCUT2D eigenvalue weighted by atomic mass is 79.9. The SMILES string of the molecule is BrC1COCC1OC1CCCCC1. The normalized spacial score (nSPS) is 36.7. The molecule has 2 unspecified atom stereocenters. The van der Waals surface area contributed by atoms with Gasteiger partial charge in [0.25, 0.3) is 0 Å². The van der Waals surface area contributed by atoms with Crippen molar-refractivity contribution in [1.29, 1.82) is 0 Å². The largest absolute Gasteiger partial charge is 0.377 e. The zero-order valence-electron chi connectivity index (χ0n) is 7.88. The number of hydrogen-bond donors (Lipinski definition) is 0. The van der Waals surface area contributed by atoms with Gasteiger partial charge in [0.15, 0.2) is 0 Å². The van der Waals surface area contributed by atoms with Crippen LogP contribution in [0.4, 0.5) is 0 Å². The van der Waals surface area contributed by atoms with Crippen LogP contribution in [0, 0.1) is 0 Å². The molecule has 1 aliphatic heterocycles. The summed E-state index contributed by atoms with van der Waals surface area (Å²) in [5.41, 5.74) is 0. The van der Waals surface area contributed by atoms with E-state index in [-0.39, 0.29) is 0 Å². The summed E-state index contributed by atoms with van der Waals surface area (Å²) in [6, 6.07) is 0. The molecule has 3 heteroatoms. The topological polar surface area (TPSA) is 18.5 Å². The van der Waals surface area contributed by atoms with Crippen LogP contribution in [-0.2, 0) is 9.47 Å². The van der Waals surface area contributed by atoms with Crippen LogP contribution in [0.15, 0.2) is 0 Å². The van der Waals surface area contributed by atoms with Crippen LogP contribution in [0.2, 0.25) is 0 Å². The maximum absolute atomic E-state index is 5.99. The Morgan fingerprint density at radius 1 is 1.08 bits per heavy atom. The summed E-state index contributed by atoms with van der Waals surface area (Å²) in [4.78, 5) is 0.412. The molecule has 1 saturated carbocycles. The Morgan fingerprint density at radius 2 is 1.85 bits per heavy atom. The van der Waals surface area contributed by atoms with E-state index in [1.165, 1.54) is 32.1 Å². The third-order valence-electron chi connectivity index (χ3n) is 2.88. The standard InChI is InChI=1S/C10H17BrO2/c11-9-6-12-7-10(9)13-8-4-2-1-3-5-8/h8-10H,1-7H2. The summed E-state index contributed by atoms with van der Waals surface area (Å²) >= 11 is 3.58. The Bertz CT molecular complexity index is 157. The van der Waals surface area contributed by atoms with E-state index in [1.807, 2.05) is 0 Å². The Balaban J connectivity index is 1.75. The summed E-state index contributed by atoms with van der Waals surface area (Å²) in [6.45, 7) is 1.57. The molecule has 2 fully saturated rings. The predicted molar refractivity (Wildman–Crippen MR) is 55.3 cm³/mol. The van der Waals surface area contributed by atoms with E-state index in [1.54, 1.807) is 0 Å². The maximum atomic E-state index is 5.99. The number of rotatable bonds is 2. The first-order valence-electron chi connectivity index (χ1n) is 5.23. The molecule has 1 aliphatic carbocycles. The molecule has 0 amide bonds. The average molecular weight is 249 g/mol. The fraction of sp³-hybridized carbons (Fsp3) is 1.00. The van der Waals surface area contributed by atoms with Gasteiger partial charge in [0.05, 0.1) is 30.2 Å².